The quantitative estimate of drug-likeness (QED) is 0.686. The summed E-state index contributed by atoms with van der Waals surface area (Å²) >= 11 is 0. The van der Waals surface area contributed by atoms with Crippen LogP contribution in [0.3, 0.4) is 0 Å². The highest BCUT2D eigenvalue weighted by atomic mass is 16.5. The van der Waals surface area contributed by atoms with E-state index in [-0.39, 0.29) is 6.04 Å². The average molecular weight is 392 g/mol. The lowest BCUT2D eigenvalue weighted by atomic mass is 9.99. The lowest BCUT2D eigenvalue weighted by Gasteiger charge is -2.26. The Morgan fingerprint density at radius 2 is 1.72 bits per heavy atom. The molecule has 1 aromatic heterocycles. The fourth-order valence-electron chi connectivity index (χ4n) is 3.60. The summed E-state index contributed by atoms with van der Waals surface area (Å²) in [5, 5.41) is 7.79. The van der Waals surface area contributed by atoms with Gasteiger partial charge in [-0.15, -0.1) is 0 Å². The summed E-state index contributed by atoms with van der Waals surface area (Å²) in [6.45, 7) is 2.15. The summed E-state index contributed by atoms with van der Waals surface area (Å²) in [5.74, 6) is 2.44. The number of anilines is 1. The zero-order valence-corrected chi connectivity index (χ0v) is 17.0. The Morgan fingerprint density at radius 1 is 0.966 bits per heavy atom. The number of aromatic nitrogens is 3. The molecular weight excluding hydrogens is 368 g/mol. The van der Waals surface area contributed by atoms with E-state index >= 15 is 0 Å². The van der Waals surface area contributed by atoms with Crippen LogP contribution in [0.15, 0.2) is 48.8 Å². The van der Waals surface area contributed by atoms with Crippen LogP contribution in [0.2, 0.25) is 0 Å². The molecule has 4 rings (SSSR count). The molecule has 1 aliphatic heterocycles. The summed E-state index contributed by atoms with van der Waals surface area (Å²) in [7, 11) is 4.83. The van der Waals surface area contributed by atoms with Gasteiger partial charge in [0.25, 0.3) is 0 Å². The smallest absolute Gasteiger partial charge is 0.226 e. The zero-order valence-electron chi connectivity index (χ0n) is 17.0. The fraction of sp³-hybridized carbons (Fsp3) is 0.273. The molecular formula is C22H24N4O3. The monoisotopic (exact) mass is 392 g/mol. The predicted octanol–water partition coefficient (Wildman–Crippen LogP) is 3.92. The van der Waals surface area contributed by atoms with Gasteiger partial charge in [-0.25, -0.2) is 4.68 Å². The van der Waals surface area contributed by atoms with Crippen molar-refractivity contribution in [2.24, 2.45) is 0 Å². The van der Waals surface area contributed by atoms with Crippen LogP contribution in [-0.4, -0.2) is 36.1 Å². The highest BCUT2D eigenvalue weighted by Gasteiger charge is 2.28. The number of hydrogen-bond donors (Lipinski definition) is 1. The molecule has 7 nitrogen and oxygen atoms in total. The molecule has 1 N–H and O–H groups in total. The van der Waals surface area contributed by atoms with Gasteiger partial charge >= 0.3 is 0 Å². The second-order valence-electron chi connectivity index (χ2n) is 6.65. The summed E-state index contributed by atoms with van der Waals surface area (Å²) in [6, 6.07) is 12.1. The van der Waals surface area contributed by atoms with E-state index < -0.39 is 0 Å². The minimum Gasteiger partial charge on any atom is -0.493 e. The van der Waals surface area contributed by atoms with Crippen molar-refractivity contribution in [2.75, 3.05) is 26.6 Å². The highest BCUT2D eigenvalue weighted by Crippen LogP contribution is 2.45. The third kappa shape index (κ3) is 3.29. The van der Waals surface area contributed by atoms with Crippen molar-refractivity contribution in [3.8, 4) is 17.2 Å². The second kappa shape index (κ2) is 7.87. The molecule has 0 unspecified atom stereocenters. The SMILES string of the molecule is CCc1ccc(C2=C[C@H](c3ccc(OC)c(OC)c3OC)n3ncnc3N2)cc1. The number of benzene rings is 2. The van der Waals surface area contributed by atoms with Gasteiger partial charge in [0.05, 0.1) is 21.3 Å². The molecule has 0 aliphatic carbocycles. The normalized spacial score (nSPS) is 15.2. The molecule has 0 fully saturated rings. The minimum absolute atomic E-state index is 0.218. The number of aryl methyl sites for hydroxylation is 1. The van der Waals surface area contributed by atoms with Crippen LogP contribution in [0, 0.1) is 0 Å². The first-order valence-corrected chi connectivity index (χ1v) is 9.46. The van der Waals surface area contributed by atoms with E-state index in [0.717, 1.165) is 23.2 Å². The molecule has 0 radical (unpaired) electrons. The van der Waals surface area contributed by atoms with E-state index in [0.29, 0.717) is 23.2 Å². The van der Waals surface area contributed by atoms with Gasteiger partial charge in [0.2, 0.25) is 11.7 Å². The number of nitrogens with one attached hydrogen (secondary N) is 1. The maximum atomic E-state index is 5.71. The van der Waals surface area contributed by atoms with Gasteiger partial charge in [-0.1, -0.05) is 31.2 Å². The highest BCUT2D eigenvalue weighted by molar-refractivity contribution is 5.77. The standard InChI is InChI=1S/C22H24N4O3/c1-5-14-6-8-15(9-7-14)17-12-18(26-22(25-17)23-13-24-26)16-10-11-19(27-2)21(29-4)20(16)28-3/h6-13,18H,5H2,1-4H3,(H,23,24,25)/t18-/m1/s1. The fourth-order valence-corrected chi connectivity index (χ4v) is 3.60. The van der Waals surface area contributed by atoms with Crippen LogP contribution in [0.1, 0.15) is 29.7 Å². The third-order valence-electron chi connectivity index (χ3n) is 5.13. The molecule has 3 aromatic rings. The maximum Gasteiger partial charge on any atom is 0.226 e. The molecule has 2 aromatic carbocycles. The molecule has 0 saturated carbocycles. The van der Waals surface area contributed by atoms with Gasteiger partial charge < -0.3 is 19.5 Å². The Bertz CT molecular complexity index is 1040. The van der Waals surface area contributed by atoms with Crippen LogP contribution in [0.4, 0.5) is 5.95 Å². The van der Waals surface area contributed by atoms with Gasteiger partial charge in [0.1, 0.15) is 12.4 Å². The number of methoxy groups -OCH3 is 3. The van der Waals surface area contributed by atoms with Crippen molar-refractivity contribution < 1.29 is 14.2 Å². The Hall–Kier alpha value is -3.48. The second-order valence-corrected chi connectivity index (χ2v) is 6.65. The van der Waals surface area contributed by atoms with Gasteiger partial charge in [0.15, 0.2) is 11.5 Å². The first kappa shape index (κ1) is 18.9. The number of fused-ring (bicyclic) bond motifs is 1. The van der Waals surface area contributed by atoms with Gasteiger partial charge in [-0.2, -0.15) is 10.1 Å². The molecule has 150 valence electrons. The summed E-state index contributed by atoms with van der Waals surface area (Å²) in [4.78, 5) is 4.38. The summed E-state index contributed by atoms with van der Waals surface area (Å²) in [6.07, 6.45) is 4.67. The van der Waals surface area contributed by atoms with Crippen molar-refractivity contribution in [3.05, 3.63) is 65.5 Å². The van der Waals surface area contributed by atoms with Crippen LogP contribution in [0.5, 0.6) is 17.2 Å². The first-order valence-electron chi connectivity index (χ1n) is 9.46. The maximum absolute atomic E-state index is 5.71. The number of nitrogens with zero attached hydrogens (tertiary/aromatic N) is 3. The Balaban J connectivity index is 1.84. The molecule has 0 spiro atoms. The molecule has 7 heteroatoms. The lowest BCUT2D eigenvalue weighted by Crippen LogP contribution is -2.21. The lowest BCUT2D eigenvalue weighted by molar-refractivity contribution is 0.320. The minimum atomic E-state index is -0.218. The van der Waals surface area contributed by atoms with E-state index in [1.165, 1.54) is 5.56 Å². The van der Waals surface area contributed by atoms with Crippen LogP contribution < -0.4 is 19.5 Å². The van der Waals surface area contributed by atoms with Gasteiger partial charge in [0, 0.05) is 11.3 Å². The van der Waals surface area contributed by atoms with E-state index in [2.05, 4.69) is 52.7 Å². The molecule has 29 heavy (non-hydrogen) atoms. The predicted molar refractivity (Wildman–Crippen MR) is 112 cm³/mol. The van der Waals surface area contributed by atoms with Gasteiger partial charge in [-0.05, 0) is 35.8 Å². The largest absolute Gasteiger partial charge is 0.493 e. The third-order valence-corrected chi connectivity index (χ3v) is 5.13. The van der Waals surface area contributed by atoms with Gasteiger partial charge in [-0.3, -0.25) is 0 Å². The zero-order chi connectivity index (χ0) is 20.4. The number of hydrogen-bond acceptors (Lipinski definition) is 6. The van der Waals surface area contributed by atoms with Crippen molar-refractivity contribution in [2.45, 2.75) is 19.4 Å². The molecule has 0 saturated heterocycles. The molecule has 1 aliphatic rings. The van der Waals surface area contributed by atoms with E-state index in [4.69, 9.17) is 14.2 Å². The molecule has 0 amide bonds. The van der Waals surface area contributed by atoms with Crippen LogP contribution in [-0.2, 0) is 6.42 Å². The summed E-state index contributed by atoms with van der Waals surface area (Å²) in [5.41, 5.74) is 4.25. The topological polar surface area (TPSA) is 70.4 Å². The van der Waals surface area contributed by atoms with E-state index in [1.54, 1.807) is 27.7 Å². The van der Waals surface area contributed by atoms with E-state index in [1.807, 2.05) is 16.8 Å². The van der Waals surface area contributed by atoms with Crippen LogP contribution >= 0.6 is 0 Å². The Labute approximate surface area is 169 Å². The van der Waals surface area contributed by atoms with Crippen molar-refractivity contribution >= 4 is 11.6 Å². The van der Waals surface area contributed by atoms with E-state index in [9.17, 15) is 0 Å². The molecule has 0 bridgehead atoms. The number of ether oxygens (including phenoxy) is 3. The summed E-state index contributed by atoms with van der Waals surface area (Å²) < 4.78 is 18.5. The molecule has 1 atom stereocenters. The van der Waals surface area contributed by atoms with Crippen molar-refractivity contribution in [1.29, 1.82) is 0 Å². The Morgan fingerprint density at radius 3 is 2.38 bits per heavy atom. The average Bonchev–Trinajstić information content (AvgIpc) is 3.26. The van der Waals surface area contributed by atoms with Crippen molar-refractivity contribution in [3.63, 3.8) is 0 Å². The molecule has 2 heterocycles. The van der Waals surface area contributed by atoms with Crippen LogP contribution in [0.25, 0.3) is 5.70 Å². The number of rotatable bonds is 6. The van der Waals surface area contributed by atoms with Crippen molar-refractivity contribution in [1.82, 2.24) is 14.8 Å². The Kier molecular flexibility index (Phi) is 5.12. The number of allylic oxidation sites excluding steroid dienone is 1. The first-order chi connectivity index (χ1) is 14.2.